The Morgan fingerprint density at radius 1 is 1.05 bits per heavy atom. The van der Waals surface area contributed by atoms with Gasteiger partial charge in [-0.2, -0.15) is 0 Å². The quantitative estimate of drug-likeness (QED) is 0.635. The second kappa shape index (κ2) is 6.18. The van der Waals surface area contributed by atoms with Crippen molar-refractivity contribution in [1.29, 1.82) is 0 Å². The van der Waals surface area contributed by atoms with Crippen LogP contribution in [0.4, 0.5) is 0 Å². The summed E-state index contributed by atoms with van der Waals surface area (Å²) in [4.78, 5) is 24.3. The summed E-state index contributed by atoms with van der Waals surface area (Å²) in [6, 6.07) is 3.52. The average molecular weight is 300 g/mol. The lowest BCUT2D eigenvalue weighted by molar-refractivity contribution is 0.0472. The standard InChI is InChI=1S/C18H20O4/c1-10-8-11(2)17(13(4)12(10)3)16(19)9-22-18(20)15-6-7-21-14(15)5/h6-8H,9H2,1-5H3. The van der Waals surface area contributed by atoms with Gasteiger partial charge in [-0.05, 0) is 62.9 Å². The summed E-state index contributed by atoms with van der Waals surface area (Å²) >= 11 is 0. The molecule has 4 nitrogen and oxygen atoms in total. The van der Waals surface area contributed by atoms with E-state index >= 15 is 0 Å². The van der Waals surface area contributed by atoms with Gasteiger partial charge in [0.1, 0.15) is 11.3 Å². The van der Waals surface area contributed by atoms with Gasteiger partial charge >= 0.3 is 5.97 Å². The third kappa shape index (κ3) is 2.96. The highest BCUT2D eigenvalue weighted by atomic mass is 16.5. The molecule has 22 heavy (non-hydrogen) atoms. The fourth-order valence-corrected chi connectivity index (χ4v) is 2.59. The van der Waals surface area contributed by atoms with E-state index in [4.69, 9.17) is 9.15 Å². The lowest BCUT2D eigenvalue weighted by Crippen LogP contribution is -2.17. The second-order valence-electron chi connectivity index (χ2n) is 5.53. The van der Waals surface area contributed by atoms with E-state index < -0.39 is 5.97 Å². The van der Waals surface area contributed by atoms with E-state index in [-0.39, 0.29) is 12.4 Å². The van der Waals surface area contributed by atoms with E-state index in [9.17, 15) is 9.59 Å². The number of Topliss-reactive ketones (excluding diaryl/α,β-unsaturated/α-hetero) is 1. The molecule has 1 aromatic carbocycles. The van der Waals surface area contributed by atoms with Gasteiger partial charge in [0, 0.05) is 5.56 Å². The van der Waals surface area contributed by atoms with Crippen molar-refractivity contribution in [2.75, 3.05) is 6.61 Å². The van der Waals surface area contributed by atoms with Crippen molar-refractivity contribution in [3.05, 3.63) is 57.5 Å². The molecule has 0 amide bonds. The highest BCUT2D eigenvalue weighted by Crippen LogP contribution is 2.22. The Morgan fingerprint density at radius 3 is 2.32 bits per heavy atom. The number of furan rings is 1. The Bertz CT molecular complexity index is 738. The molecule has 0 fully saturated rings. The summed E-state index contributed by atoms with van der Waals surface area (Å²) in [7, 11) is 0. The van der Waals surface area contributed by atoms with E-state index in [0.29, 0.717) is 16.9 Å². The first-order chi connectivity index (χ1) is 10.3. The normalized spacial score (nSPS) is 10.6. The molecule has 4 heteroatoms. The Kier molecular flexibility index (Phi) is 4.50. The summed E-state index contributed by atoms with van der Waals surface area (Å²) in [5.74, 6) is -0.248. The molecule has 0 bridgehead atoms. The predicted molar refractivity (Wildman–Crippen MR) is 83.4 cm³/mol. The fraction of sp³-hybridized carbons (Fsp3) is 0.333. The van der Waals surface area contributed by atoms with Crippen LogP contribution >= 0.6 is 0 Å². The van der Waals surface area contributed by atoms with Crippen LogP contribution in [0.2, 0.25) is 0 Å². The lowest BCUT2D eigenvalue weighted by atomic mass is 9.92. The molecule has 2 aromatic rings. The first-order valence-corrected chi connectivity index (χ1v) is 7.14. The number of benzene rings is 1. The van der Waals surface area contributed by atoms with Gasteiger partial charge in [0.15, 0.2) is 6.61 Å². The molecule has 0 aliphatic rings. The maximum Gasteiger partial charge on any atom is 0.342 e. The second-order valence-corrected chi connectivity index (χ2v) is 5.53. The minimum absolute atomic E-state index is 0.187. The number of hydrogen-bond acceptors (Lipinski definition) is 4. The number of carbonyl (C=O) groups is 2. The highest BCUT2D eigenvalue weighted by Gasteiger charge is 2.19. The zero-order valence-electron chi connectivity index (χ0n) is 13.6. The van der Waals surface area contributed by atoms with Crippen LogP contribution in [0, 0.1) is 34.6 Å². The third-order valence-corrected chi connectivity index (χ3v) is 4.05. The van der Waals surface area contributed by atoms with Gasteiger partial charge in [0.05, 0.1) is 6.26 Å². The van der Waals surface area contributed by atoms with Crippen LogP contribution < -0.4 is 0 Å². The fourth-order valence-electron chi connectivity index (χ4n) is 2.59. The van der Waals surface area contributed by atoms with Gasteiger partial charge in [-0.15, -0.1) is 0 Å². The SMILES string of the molecule is Cc1cc(C)c(C(=O)COC(=O)c2ccoc2C)c(C)c1C. The molecule has 0 aliphatic heterocycles. The Balaban J connectivity index is 2.16. The topological polar surface area (TPSA) is 56.5 Å². The first-order valence-electron chi connectivity index (χ1n) is 7.14. The molecule has 0 saturated carbocycles. The van der Waals surface area contributed by atoms with Crippen molar-refractivity contribution in [3.8, 4) is 0 Å². The molecule has 0 spiro atoms. The molecule has 116 valence electrons. The maximum atomic E-state index is 12.4. The molecular weight excluding hydrogens is 280 g/mol. The maximum absolute atomic E-state index is 12.4. The lowest BCUT2D eigenvalue weighted by Gasteiger charge is -2.14. The van der Waals surface area contributed by atoms with Crippen LogP contribution in [0.25, 0.3) is 0 Å². The van der Waals surface area contributed by atoms with E-state index in [0.717, 1.165) is 22.3 Å². The van der Waals surface area contributed by atoms with Crippen LogP contribution in [0.15, 0.2) is 22.8 Å². The van der Waals surface area contributed by atoms with Crippen molar-refractivity contribution >= 4 is 11.8 Å². The summed E-state index contributed by atoms with van der Waals surface area (Å²) in [6.45, 7) is 9.23. The molecule has 0 atom stereocenters. The van der Waals surface area contributed by atoms with Crippen LogP contribution in [-0.2, 0) is 4.74 Å². The number of carbonyl (C=O) groups excluding carboxylic acids is 2. The predicted octanol–water partition coefficient (Wildman–Crippen LogP) is 3.86. The first kappa shape index (κ1) is 16.0. The number of ether oxygens (including phenoxy) is 1. The molecule has 0 N–H and O–H groups in total. The minimum Gasteiger partial charge on any atom is -0.469 e. The van der Waals surface area contributed by atoms with Crippen molar-refractivity contribution < 1.29 is 18.7 Å². The van der Waals surface area contributed by atoms with E-state index in [1.807, 2.05) is 33.8 Å². The zero-order chi connectivity index (χ0) is 16.4. The zero-order valence-corrected chi connectivity index (χ0v) is 13.6. The highest BCUT2D eigenvalue weighted by molar-refractivity contribution is 6.02. The van der Waals surface area contributed by atoms with Crippen LogP contribution in [0.3, 0.4) is 0 Å². The summed E-state index contributed by atoms with van der Waals surface area (Å²) in [5, 5.41) is 0. The van der Waals surface area contributed by atoms with Gasteiger partial charge in [-0.1, -0.05) is 6.07 Å². The van der Waals surface area contributed by atoms with Crippen LogP contribution in [-0.4, -0.2) is 18.4 Å². The largest absolute Gasteiger partial charge is 0.469 e. The van der Waals surface area contributed by atoms with E-state index in [1.54, 1.807) is 6.92 Å². The number of ketones is 1. The Morgan fingerprint density at radius 2 is 1.73 bits per heavy atom. The van der Waals surface area contributed by atoms with Gasteiger partial charge in [0.25, 0.3) is 0 Å². The Labute approximate surface area is 130 Å². The number of hydrogen-bond donors (Lipinski definition) is 0. The van der Waals surface area contributed by atoms with Crippen molar-refractivity contribution in [3.63, 3.8) is 0 Å². The smallest absolute Gasteiger partial charge is 0.342 e. The molecule has 1 aromatic heterocycles. The number of esters is 1. The summed E-state index contributed by atoms with van der Waals surface area (Å²) in [5.41, 5.74) is 5.07. The van der Waals surface area contributed by atoms with Gasteiger partial charge in [-0.25, -0.2) is 4.79 Å². The van der Waals surface area contributed by atoms with Crippen molar-refractivity contribution in [2.24, 2.45) is 0 Å². The van der Waals surface area contributed by atoms with Gasteiger partial charge in [0.2, 0.25) is 5.78 Å². The number of aryl methyl sites for hydroxylation is 3. The van der Waals surface area contributed by atoms with E-state index in [2.05, 4.69) is 0 Å². The Hall–Kier alpha value is -2.36. The minimum atomic E-state index is -0.543. The van der Waals surface area contributed by atoms with Crippen LogP contribution in [0.1, 0.15) is 48.7 Å². The molecule has 0 saturated heterocycles. The van der Waals surface area contributed by atoms with Gasteiger partial charge < -0.3 is 9.15 Å². The van der Waals surface area contributed by atoms with Gasteiger partial charge in [-0.3, -0.25) is 4.79 Å². The average Bonchev–Trinajstić information content (AvgIpc) is 2.88. The van der Waals surface area contributed by atoms with Crippen molar-refractivity contribution in [1.82, 2.24) is 0 Å². The monoisotopic (exact) mass is 300 g/mol. The molecule has 0 aliphatic carbocycles. The molecular formula is C18H20O4. The summed E-state index contributed by atoms with van der Waals surface area (Å²) < 4.78 is 10.2. The number of rotatable bonds is 4. The van der Waals surface area contributed by atoms with Crippen molar-refractivity contribution in [2.45, 2.75) is 34.6 Å². The molecule has 0 unspecified atom stereocenters. The van der Waals surface area contributed by atoms with E-state index in [1.165, 1.54) is 12.3 Å². The molecule has 0 radical (unpaired) electrons. The molecule has 1 heterocycles. The third-order valence-electron chi connectivity index (χ3n) is 4.05. The summed E-state index contributed by atoms with van der Waals surface area (Å²) in [6.07, 6.45) is 1.42. The van der Waals surface area contributed by atoms with Crippen LogP contribution in [0.5, 0.6) is 0 Å². The molecule has 2 rings (SSSR count).